The number of nitrogens with one attached hydrogen (secondary N) is 2. The Hall–Kier alpha value is -1.40. The van der Waals surface area contributed by atoms with Crippen LogP contribution in [0.15, 0.2) is 28.1 Å². The van der Waals surface area contributed by atoms with E-state index in [4.69, 9.17) is 17.0 Å². The first-order valence-corrected chi connectivity index (χ1v) is 7.43. The molecule has 1 atom stereocenters. The number of methoxy groups -OCH3 is 1. The van der Waals surface area contributed by atoms with Gasteiger partial charge >= 0.3 is 5.97 Å². The van der Waals surface area contributed by atoms with Crippen molar-refractivity contribution in [2.45, 2.75) is 25.8 Å². The molecule has 0 radical (unpaired) electrons. The molecule has 1 aromatic rings. The maximum Gasteiger partial charge on any atom is 0.337 e. The fourth-order valence-electron chi connectivity index (χ4n) is 2.11. The zero-order valence-electron chi connectivity index (χ0n) is 10.9. The van der Waals surface area contributed by atoms with Crippen molar-refractivity contribution in [1.82, 2.24) is 10.6 Å². The van der Waals surface area contributed by atoms with Crippen molar-refractivity contribution in [3.05, 3.63) is 33.7 Å². The number of carbonyl (C=O) groups excluding carboxylic acids is 1. The number of ether oxygens (including phenoxy) is 1. The molecule has 0 amide bonds. The Morgan fingerprint density at radius 3 is 2.95 bits per heavy atom. The summed E-state index contributed by atoms with van der Waals surface area (Å²) in [5.41, 5.74) is 2.51. The molecule has 1 aliphatic rings. The number of carbonyl (C=O) groups is 1. The molecule has 19 heavy (non-hydrogen) atoms. The first-order valence-electron chi connectivity index (χ1n) is 6.08. The number of rotatable bonds is 4. The van der Waals surface area contributed by atoms with Crippen LogP contribution in [0.2, 0.25) is 0 Å². The highest BCUT2D eigenvalue weighted by atomic mass is 32.1. The van der Waals surface area contributed by atoms with Crippen LogP contribution >= 0.6 is 23.6 Å². The number of thiocarbonyl (C=S) groups is 1. The molecule has 0 aromatic carbocycles. The van der Waals surface area contributed by atoms with E-state index in [1.54, 1.807) is 11.3 Å². The summed E-state index contributed by atoms with van der Waals surface area (Å²) in [6.07, 6.45) is 1.70. The van der Waals surface area contributed by atoms with Crippen molar-refractivity contribution in [3.8, 4) is 0 Å². The van der Waals surface area contributed by atoms with Crippen LogP contribution in [0.3, 0.4) is 0 Å². The van der Waals surface area contributed by atoms with Gasteiger partial charge in [-0.25, -0.2) is 4.79 Å². The first-order chi connectivity index (χ1) is 9.17. The van der Waals surface area contributed by atoms with Crippen LogP contribution in [-0.2, 0) is 9.53 Å². The van der Waals surface area contributed by atoms with Crippen molar-refractivity contribution < 1.29 is 9.53 Å². The van der Waals surface area contributed by atoms with Crippen molar-refractivity contribution >= 4 is 34.6 Å². The SMILES string of the molecule is CCCC1=C(C(=O)OC)[C@@H](c2ccsc2)NC(=S)N1. The van der Waals surface area contributed by atoms with Crippen LogP contribution in [0.1, 0.15) is 31.4 Å². The van der Waals surface area contributed by atoms with Crippen LogP contribution in [-0.4, -0.2) is 18.2 Å². The molecule has 102 valence electrons. The highest BCUT2D eigenvalue weighted by Gasteiger charge is 2.31. The summed E-state index contributed by atoms with van der Waals surface area (Å²) in [5, 5.41) is 10.8. The molecule has 4 nitrogen and oxygen atoms in total. The number of hydrogen-bond donors (Lipinski definition) is 2. The molecule has 0 bridgehead atoms. The Bertz CT molecular complexity index is 509. The highest BCUT2D eigenvalue weighted by molar-refractivity contribution is 7.80. The normalized spacial score (nSPS) is 18.8. The second-order valence-electron chi connectivity index (χ2n) is 4.22. The van der Waals surface area contributed by atoms with E-state index in [9.17, 15) is 4.79 Å². The predicted molar refractivity (Wildman–Crippen MR) is 79.9 cm³/mol. The van der Waals surface area contributed by atoms with Gasteiger partial charge in [0.25, 0.3) is 0 Å². The maximum atomic E-state index is 12.1. The Morgan fingerprint density at radius 1 is 1.58 bits per heavy atom. The lowest BCUT2D eigenvalue weighted by molar-refractivity contribution is -0.136. The highest BCUT2D eigenvalue weighted by Crippen LogP contribution is 2.30. The van der Waals surface area contributed by atoms with Gasteiger partial charge in [-0.2, -0.15) is 11.3 Å². The van der Waals surface area contributed by atoms with E-state index in [-0.39, 0.29) is 12.0 Å². The van der Waals surface area contributed by atoms with Gasteiger partial charge in [0, 0.05) is 5.70 Å². The van der Waals surface area contributed by atoms with Crippen LogP contribution in [0.5, 0.6) is 0 Å². The minimum atomic E-state index is -0.317. The van der Waals surface area contributed by atoms with E-state index >= 15 is 0 Å². The molecule has 0 saturated heterocycles. The van der Waals surface area contributed by atoms with Gasteiger partial charge in [-0.3, -0.25) is 0 Å². The lowest BCUT2D eigenvalue weighted by atomic mass is 9.96. The lowest BCUT2D eigenvalue weighted by Crippen LogP contribution is -2.45. The Morgan fingerprint density at radius 2 is 2.37 bits per heavy atom. The average molecular weight is 296 g/mol. The molecule has 2 heterocycles. The van der Waals surface area contributed by atoms with E-state index in [2.05, 4.69) is 17.6 Å². The monoisotopic (exact) mass is 296 g/mol. The molecule has 0 unspecified atom stereocenters. The fourth-order valence-corrected chi connectivity index (χ4v) is 3.03. The first kappa shape index (κ1) is 14.0. The summed E-state index contributed by atoms with van der Waals surface area (Å²) in [5.74, 6) is -0.317. The zero-order chi connectivity index (χ0) is 13.8. The topological polar surface area (TPSA) is 50.4 Å². The average Bonchev–Trinajstić information content (AvgIpc) is 2.91. The second-order valence-corrected chi connectivity index (χ2v) is 5.41. The van der Waals surface area contributed by atoms with Gasteiger partial charge in [-0.15, -0.1) is 0 Å². The van der Waals surface area contributed by atoms with Gasteiger partial charge < -0.3 is 15.4 Å². The van der Waals surface area contributed by atoms with Crippen LogP contribution < -0.4 is 10.6 Å². The van der Waals surface area contributed by atoms with Gasteiger partial charge in [0.05, 0.1) is 18.7 Å². The minimum absolute atomic E-state index is 0.228. The van der Waals surface area contributed by atoms with Crippen molar-refractivity contribution in [1.29, 1.82) is 0 Å². The van der Waals surface area contributed by atoms with Crippen LogP contribution in [0, 0.1) is 0 Å². The van der Waals surface area contributed by atoms with Crippen LogP contribution in [0.25, 0.3) is 0 Å². The molecule has 0 fully saturated rings. The van der Waals surface area contributed by atoms with Gasteiger partial charge in [0.2, 0.25) is 0 Å². The third-order valence-electron chi connectivity index (χ3n) is 2.94. The fraction of sp³-hybridized carbons (Fsp3) is 0.385. The summed E-state index contributed by atoms with van der Waals surface area (Å²) < 4.78 is 4.91. The molecule has 0 aliphatic carbocycles. The van der Waals surface area contributed by atoms with E-state index in [0.29, 0.717) is 10.7 Å². The number of hydrogen-bond acceptors (Lipinski definition) is 4. The minimum Gasteiger partial charge on any atom is -0.466 e. The van der Waals surface area contributed by atoms with Crippen LogP contribution in [0.4, 0.5) is 0 Å². The Kier molecular flexibility index (Phi) is 4.55. The molecule has 6 heteroatoms. The van der Waals surface area contributed by atoms with Gasteiger partial charge in [-0.05, 0) is 41.0 Å². The molecule has 2 rings (SSSR count). The second kappa shape index (κ2) is 6.16. The quantitative estimate of drug-likeness (QED) is 0.660. The summed E-state index contributed by atoms with van der Waals surface area (Å²) >= 11 is 6.81. The largest absolute Gasteiger partial charge is 0.466 e. The van der Waals surface area contributed by atoms with E-state index in [1.165, 1.54) is 7.11 Å². The number of allylic oxidation sites excluding steroid dienone is 1. The van der Waals surface area contributed by atoms with E-state index in [0.717, 1.165) is 24.1 Å². The maximum absolute atomic E-state index is 12.1. The van der Waals surface area contributed by atoms with Crippen molar-refractivity contribution in [3.63, 3.8) is 0 Å². The molecular weight excluding hydrogens is 280 g/mol. The summed E-state index contributed by atoms with van der Waals surface area (Å²) in [4.78, 5) is 12.1. The molecular formula is C13H16N2O2S2. The standard InChI is InChI=1S/C13H16N2O2S2/c1-3-4-9-10(12(16)17-2)11(15-13(18)14-9)8-5-6-19-7-8/h5-7,11H,3-4H2,1-2H3,(H2,14,15,18)/t11-/m1/s1. The third kappa shape index (κ3) is 2.96. The number of esters is 1. The zero-order valence-corrected chi connectivity index (χ0v) is 12.5. The summed E-state index contributed by atoms with van der Waals surface area (Å²) in [7, 11) is 1.40. The molecule has 1 aromatic heterocycles. The van der Waals surface area contributed by atoms with Crippen molar-refractivity contribution in [2.75, 3.05) is 7.11 Å². The Labute approximate surface area is 121 Å². The van der Waals surface area contributed by atoms with Crippen molar-refractivity contribution in [2.24, 2.45) is 0 Å². The molecule has 0 spiro atoms. The van der Waals surface area contributed by atoms with E-state index < -0.39 is 0 Å². The van der Waals surface area contributed by atoms with Gasteiger partial charge in [0.1, 0.15) is 0 Å². The van der Waals surface area contributed by atoms with E-state index in [1.807, 2.05) is 16.8 Å². The molecule has 2 N–H and O–H groups in total. The van der Waals surface area contributed by atoms with Gasteiger partial charge in [-0.1, -0.05) is 13.3 Å². The summed E-state index contributed by atoms with van der Waals surface area (Å²) in [6, 6.07) is 1.76. The third-order valence-corrected chi connectivity index (χ3v) is 3.86. The van der Waals surface area contributed by atoms with Gasteiger partial charge in [0.15, 0.2) is 5.11 Å². The smallest absolute Gasteiger partial charge is 0.337 e. The Balaban J connectivity index is 2.46. The lowest BCUT2D eigenvalue weighted by Gasteiger charge is -2.30. The predicted octanol–water partition coefficient (Wildman–Crippen LogP) is 2.49. The molecule has 1 aliphatic heterocycles. The molecule has 0 saturated carbocycles. The number of thiophene rings is 1. The summed E-state index contributed by atoms with van der Waals surface area (Å²) in [6.45, 7) is 2.06.